The fourth-order valence-corrected chi connectivity index (χ4v) is 1.31. The highest BCUT2D eigenvalue weighted by Crippen LogP contribution is 2.19. The fourth-order valence-electron chi connectivity index (χ4n) is 0.932. The molecule has 0 bridgehead atoms. The Hall–Kier alpha value is -1.16. The zero-order chi connectivity index (χ0) is 9.84. The van der Waals surface area contributed by atoms with Gasteiger partial charge in [-0.3, -0.25) is 10.1 Å². The van der Waals surface area contributed by atoms with Crippen LogP contribution >= 0.6 is 15.9 Å². The fraction of sp³-hybridized carbons (Fsp3) is 0.111. The van der Waals surface area contributed by atoms with Gasteiger partial charge >= 0.3 is 0 Å². The van der Waals surface area contributed by atoms with Gasteiger partial charge in [-0.25, -0.2) is 0 Å². The van der Waals surface area contributed by atoms with Crippen LogP contribution in [0.5, 0.6) is 0 Å². The maximum absolute atomic E-state index is 10.1. The quantitative estimate of drug-likeness (QED) is 0.590. The number of benzene rings is 1. The van der Waals surface area contributed by atoms with Crippen LogP contribution in [0.3, 0.4) is 0 Å². The second-order valence-electron chi connectivity index (χ2n) is 2.63. The van der Waals surface area contributed by atoms with Crippen LogP contribution in [-0.4, -0.2) is 4.92 Å². The van der Waals surface area contributed by atoms with Gasteiger partial charge in [0, 0.05) is 10.5 Å². The van der Waals surface area contributed by atoms with Crippen LogP contribution < -0.4 is 0 Å². The van der Waals surface area contributed by atoms with E-state index in [0.29, 0.717) is 0 Å². The molecular formula is C9H8BrNO2. The average Bonchev–Trinajstić information content (AvgIpc) is 2.06. The molecule has 3 nitrogen and oxygen atoms in total. The predicted octanol–water partition coefficient (Wildman–Crippen LogP) is 3.00. The molecule has 0 saturated carbocycles. The molecule has 0 aliphatic rings. The van der Waals surface area contributed by atoms with E-state index in [2.05, 4.69) is 15.9 Å². The molecule has 1 aromatic carbocycles. The van der Waals surface area contributed by atoms with Crippen molar-refractivity contribution in [3.8, 4) is 0 Å². The van der Waals surface area contributed by atoms with Gasteiger partial charge in [0.15, 0.2) is 0 Å². The van der Waals surface area contributed by atoms with Crippen molar-refractivity contribution in [3.63, 3.8) is 0 Å². The van der Waals surface area contributed by atoms with Gasteiger partial charge in [0.2, 0.25) is 6.20 Å². The van der Waals surface area contributed by atoms with Crippen LogP contribution in [0.4, 0.5) is 0 Å². The molecule has 68 valence electrons. The summed E-state index contributed by atoms with van der Waals surface area (Å²) in [7, 11) is 0. The molecule has 0 N–H and O–H groups in total. The molecule has 0 fully saturated rings. The largest absolute Gasteiger partial charge is 0.259 e. The Morgan fingerprint density at radius 1 is 1.54 bits per heavy atom. The maximum Gasteiger partial charge on any atom is 0.235 e. The van der Waals surface area contributed by atoms with Crippen LogP contribution in [0.25, 0.3) is 6.08 Å². The lowest BCUT2D eigenvalue weighted by atomic mass is 10.1. The summed E-state index contributed by atoms with van der Waals surface area (Å²) in [4.78, 5) is 9.59. The second kappa shape index (κ2) is 4.18. The summed E-state index contributed by atoms with van der Waals surface area (Å²) in [6, 6.07) is 5.69. The molecule has 0 unspecified atom stereocenters. The number of nitro groups is 1. The molecule has 0 aromatic heterocycles. The van der Waals surface area contributed by atoms with Crippen molar-refractivity contribution in [3.05, 3.63) is 50.1 Å². The third-order valence-corrected chi connectivity index (χ3v) is 2.25. The number of halogens is 1. The lowest BCUT2D eigenvalue weighted by Crippen LogP contribution is -1.84. The van der Waals surface area contributed by atoms with E-state index in [1.54, 1.807) is 0 Å². The van der Waals surface area contributed by atoms with Crippen molar-refractivity contribution in [1.82, 2.24) is 0 Å². The Labute approximate surface area is 84.4 Å². The minimum atomic E-state index is -0.477. The molecule has 13 heavy (non-hydrogen) atoms. The molecule has 1 rings (SSSR count). The van der Waals surface area contributed by atoms with Crippen molar-refractivity contribution in [2.75, 3.05) is 0 Å². The maximum atomic E-state index is 10.1. The van der Waals surface area contributed by atoms with Crippen LogP contribution in [-0.2, 0) is 0 Å². The third-order valence-electron chi connectivity index (χ3n) is 1.53. The van der Waals surface area contributed by atoms with Crippen molar-refractivity contribution >= 4 is 22.0 Å². The van der Waals surface area contributed by atoms with Crippen LogP contribution in [0.2, 0.25) is 0 Å². The Kier molecular flexibility index (Phi) is 3.19. The van der Waals surface area contributed by atoms with Gasteiger partial charge in [-0.1, -0.05) is 33.6 Å². The molecule has 4 heteroatoms. The monoisotopic (exact) mass is 241 g/mol. The molecule has 1 aromatic rings. The molecule has 0 atom stereocenters. The lowest BCUT2D eigenvalue weighted by molar-refractivity contribution is -0.400. The molecule has 0 radical (unpaired) electrons. The minimum Gasteiger partial charge on any atom is -0.259 e. The van der Waals surface area contributed by atoms with Crippen LogP contribution in [0.1, 0.15) is 11.1 Å². The topological polar surface area (TPSA) is 43.1 Å². The first kappa shape index (κ1) is 9.92. The normalized spacial score (nSPS) is 10.6. The van der Waals surface area contributed by atoms with E-state index in [4.69, 9.17) is 0 Å². The van der Waals surface area contributed by atoms with E-state index in [1.807, 2.05) is 25.1 Å². The zero-order valence-corrected chi connectivity index (χ0v) is 8.61. The minimum absolute atomic E-state index is 0.477. The SMILES string of the molecule is Cc1ccc(Br)c(/C=C/[N+](=O)[O-])c1. The first-order chi connectivity index (χ1) is 6.09. The summed E-state index contributed by atoms with van der Waals surface area (Å²) in [5.74, 6) is 0. The third kappa shape index (κ3) is 2.99. The first-order valence-electron chi connectivity index (χ1n) is 3.67. The van der Waals surface area contributed by atoms with E-state index in [-0.39, 0.29) is 0 Å². The summed E-state index contributed by atoms with van der Waals surface area (Å²) in [5, 5.41) is 10.1. The van der Waals surface area contributed by atoms with Crippen molar-refractivity contribution in [1.29, 1.82) is 0 Å². The summed E-state index contributed by atoms with van der Waals surface area (Å²) in [6.45, 7) is 1.94. The van der Waals surface area contributed by atoms with Crippen LogP contribution in [0, 0.1) is 17.0 Å². The van der Waals surface area contributed by atoms with E-state index in [0.717, 1.165) is 21.8 Å². The summed E-state index contributed by atoms with van der Waals surface area (Å²) >= 11 is 3.31. The van der Waals surface area contributed by atoms with Gasteiger partial charge < -0.3 is 0 Å². The first-order valence-corrected chi connectivity index (χ1v) is 4.47. The lowest BCUT2D eigenvalue weighted by Gasteiger charge is -1.98. The number of aryl methyl sites for hydroxylation is 1. The van der Waals surface area contributed by atoms with Crippen molar-refractivity contribution in [2.45, 2.75) is 6.92 Å². The van der Waals surface area contributed by atoms with Gasteiger partial charge in [0.25, 0.3) is 0 Å². The highest BCUT2D eigenvalue weighted by atomic mass is 79.9. The molecule has 0 aliphatic carbocycles. The van der Waals surface area contributed by atoms with Gasteiger partial charge in [-0.15, -0.1) is 0 Å². The Balaban J connectivity index is 3.00. The number of hydrogen-bond donors (Lipinski definition) is 0. The number of hydrogen-bond acceptors (Lipinski definition) is 2. The summed E-state index contributed by atoms with van der Waals surface area (Å²) in [6.07, 6.45) is 2.40. The number of rotatable bonds is 2. The molecule has 0 heterocycles. The zero-order valence-electron chi connectivity index (χ0n) is 7.03. The average molecular weight is 242 g/mol. The molecule has 0 amide bonds. The highest BCUT2D eigenvalue weighted by Gasteiger charge is 1.97. The summed E-state index contributed by atoms with van der Waals surface area (Å²) in [5.41, 5.74) is 1.89. The van der Waals surface area contributed by atoms with Gasteiger partial charge in [0.05, 0.1) is 4.92 Å². The Bertz CT molecular complexity index is 361. The van der Waals surface area contributed by atoms with Crippen molar-refractivity contribution in [2.24, 2.45) is 0 Å². The van der Waals surface area contributed by atoms with Gasteiger partial charge in [-0.2, -0.15) is 0 Å². The Morgan fingerprint density at radius 3 is 2.85 bits per heavy atom. The van der Waals surface area contributed by atoms with E-state index < -0.39 is 4.92 Å². The predicted molar refractivity (Wildman–Crippen MR) is 54.9 cm³/mol. The van der Waals surface area contributed by atoms with Gasteiger partial charge in [0.1, 0.15) is 0 Å². The smallest absolute Gasteiger partial charge is 0.235 e. The highest BCUT2D eigenvalue weighted by molar-refractivity contribution is 9.10. The number of nitrogens with zero attached hydrogens (tertiary/aromatic N) is 1. The standard InChI is InChI=1S/C9H8BrNO2/c1-7-2-3-9(10)8(6-7)4-5-11(12)13/h2-6H,1H3/b5-4+. The molecule has 0 saturated heterocycles. The summed E-state index contributed by atoms with van der Waals surface area (Å²) < 4.78 is 0.858. The van der Waals surface area contributed by atoms with E-state index in [9.17, 15) is 10.1 Å². The van der Waals surface area contributed by atoms with E-state index >= 15 is 0 Å². The van der Waals surface area contributed by atoms with Gasteiger partial charge in [-0.05, 0) is 18.6 Å². The second-order valence-corrected chi connectivity index (χ2v) is 3.48. The molecule has 0 aliphatic heterocycles. The van der Waals surface area contributed by atoms with Crippen LogP contribution in [0.15, 0.2) is 28.9 Å². The molecule has 0 spiro atoms. The van der Waals surface area contributed by atoms with E-state index in [1.165, 1.54) is 6.08 Å². The van der Waals surface area contributed by atoms with Crippen molar-refractivity contribution < 1.29 is 4.92 Å². The molecular weight excluding hydrogens is 234 g/mol. The Morgan fingerprint density at radius 2 is 2.23 bits per heavy atom.